The first-order valence-corrected chi connectivity index (χ1v) is 10.9. The molecule has 1 aliphatic rings. The van der Waals surface area contributed by atoms with E-state index in [0.29, 0.717) is 23.8 Å². The van der Waals surface area contributed by atoms with Crippen LogP contribution in [0.2, 0.25) is 0 Å². The van der Waals surface area contributed by atoms with Crippen LogP contribution >= 0.6 is 0 Å². The van der Waals surface area contributed by atoms with Crippen molar-refractivity contribution < 1.29 is 9.32 Å². The molecular weight excluding hydrogens is 384 g/mol. The number of aromatic nitrogens is 1. The van der Waals surface area contributed by atoms with E-state index in [-0.39, 0.29) is 5.91 Å². The molecule has 1 saturated carbocycles. The maximum Gasteiger partial charge on any atom is 0.251 e. The second-order valence-electron chi connectivity index (χ2n) is 8.46. The molecule has 4 nitrogen and oxygen atoms in total. The molecule has 3 aromatic rings. The third kappa shape index (κ3) is 5.06. The average Bonchev–Trinajstić information content (AvgIpc) is 3.42. The van der Waals surface area contributed by atoms with Crippen LogP contribution in [0.15, 0.2) is 47.0 Å². The molecule has 0 radical (unpaired) electrons. The smallest absolute Gasteiger partial charge is 0.251 e. The van der Waals surface area contributed by atoms with Gasteiger partial charge in [0.15, 0.2) is 5.76 Å². The van der Waals surface area contributed by atoms with Crippen molar-refractivity contribution >= 4 is 5.91 Å². The monoisotopic (exact) mass is 412 g/mol. The summed E-state index contributed by atoms with van der Waals surface area (Å²) in [5.41, 5.74) is 6.99. The van der Waals surface area contributed by atoms with Crippen molar-refractivity contribution in [2.45, 2.75) is 53.0 Å². The Morgan fingerprint density at radius 1 is 1.06 bits per heavy atom. The average molecular weight is 413 g/mol. The highest BCUT2D eigenvalue weighted by Gasteiger charge is 2.14. The molecule has 4 heteroatoms. The lowest BCUT2D eigenvalue weighted by Gasteiger charge is -2.07. The minimum Gasteiger partial charge on any atom is -0.359 e. The van der Waals surface area contributed by atoms with Gasteiger partial charge in [0.05, 0.1) is 6.54 Å². The number of hydrogen-bond acceptors (Lipinski definition) is 3. The number of carbonyl (C=O) groups is 1. The van der Waals surface area contributed by atoms with Gasteiger partial charge in [-0.1, -0.05) is 47.5 Å². The fraction of sp³-hybridized carbons (Fsp3) is 0.333. The van der Waals surface area contributed by atoms with Gasteiger partial charge in [0.1, 0.15) is 5.69 Å². The van der Waals surface area contributed by atoms with Crippen molar-refractivity contribution in [2.24, 2.45) is 5.92 Å². The quantitative estimate of drug-likeness (QED) is 0.556. The Balaban J connectivity index is 1.37. The Morgan fingerprint density at radius 2 is 1.74 bits per heavy atom. The molecule has 0 spiro atoms. The number of aryl methyl sites for hydroxylation is 3. The first-order chi connectivity index (χ1) is 15.0. The second kappa shape index (κ2) is 9.22. The molecule has 0 aliphatic heterocycles. The first-order valence-electron chi connectivity index (χ1n) is 10.9. The Labute approximate surface area is 184 Å². The Bertz CT molecular complexity index is 1120. The van der Waals surface area contributed by atoms with E-state index in [1.807, 2.05) is 30.3 Å². The molecule has 0 atom stereocenters. The minimum absolute atomic E-state index is 0.143. The lowest BCUT2D eigenvalue weighted by molar-refractivity contribution is 0.0947. The highest BCUT2D eigenvalue weighted by Crippen LogP contribution is 2.28. The van der Waals surface area contributed by atoms with Gasteiger partial charge in [0.25, 0.3) is 5.91 Å². The van der Waals surface area contributed by atoms with Gasteiger partial charge in [-0.3, -0.25) is 4.79 Å². The zero-order valence-electron chi connectivity index (χ0n) is 18.4. The van der Waals surface area contributed by atoms with Gasteiger partial charge < -0.3 is 9.84 Å². The van der Waals surface area contributed by atoms with Crippen LogP contribution in [0.1, 0.15) is 64.1 Å². The van der Waals surface area contributed by atoms with Gasteiger partial charge in [-0.05, 0) is 69.0 Å². The zero-order valence-corrected chi connectivity index (χ0v) is 18.4. The van der Waals surface area contributed by atoms with Crippen LogP contribution in [0.25, 0.3) is 11.3 Å². The van der Waals surface area contributed by atoms with Gasteiger partial charge in [-0.25, -0.2) is 0 Å². The number of amides is 1. The van der Waals surface area contributed by atoms with E-state index >= 15 is 0 Å². The normalized spacial score (nSPS) is 13.6. The summed E-state index contributed by atoms with van der Waals surface area (Å²) in [6.45, 7) is 6.53. The Morgan fingerprint density at radius 3 is 2.42 bits per heavy atom. The molecular formula is C27H28N2O2. The van der Waals surface area contributed by atoms with E-state index in [1.165, 1.54) is 31.2 Å². The molecule has 1 heterocycles. The molecule has 0 saturated heterocycles. The van der Waals surface area contributed by atoms with Crippen LogP contribution in [-0.4, -0.2) is 11.1 Å². The van der Waals surface area contributed by atoms with Crippen molar-refractivity contribution in [3.8, 4) is 23.1 Å². The van der Waals surface area contributed by atoms with E-state index in [9.17, 15) is 4.79 Å². The van der Waals surface area contributed by atoms with Crippen molar-refractivity contribution in [1.29, 1.82) is 0 Å². The fourth-order valence-corrected chi connectivity index (χ4v) is 4.33. The molecule has 2 aromatic carbocycles. The van der Waals surface area contributed by atoms with E-state index < -0.39 is 0 Å². The van der Waals surface area contributed by atoms with E-state index in [0.717, 1.165) is 27.9 Å². The molecule has 31 heavy (non-hydrogen) atoms. The van der Waals surface area contributed by atoms with Crippen molar-refractivity contribution in [2.75, 3.05) is 0 Å². The predicted octanol–water partition coefficient (Wildman–Crippen LogP) is 5.74. The fourth-order valence-electron chi connectivity index (χ4n) is 4.33. The lowest BCUT2D eigenvalue weighted by Crippen LogP contribution is -2.22. The lowest BCUT2D eigenvalue weighted by atomic mass is 9.97. The Hall–Kier alpha value is -3.32. The second-order valence-corrected chi connectivity index (χ2v) is 8.46. The largest absolute Gasteiger partial charge is 0.359 e. The van der Waals surface area contributed by atoms with E-state index in [4.69, 9.17) is 4.52 Å². The van der Waals surface area contributed by atoms with Crippen LogP contribution in [0.5, 0.6) is 0 Å². The van der Waals surface area contributed by atoms with Crippen LogP contribution in [0, 0.1) is 38.5 Å². The molecule has 1 aliphatic carbocycles. The maximum absolute atomic E-state index is 12.5. The van der Waals surface area contributed by atoms with Crippen LogP contribution in [0.4, 0.5) is 0 Å². The molecule has 1 aromatic heterocycles. The van der Waals surface area contributed by atoms with Crippen molar-refractivity contribution in [1.82, 2.24) is 10.5 Å². The third-order valence-electron chi connectivity index (χ3n) is 5.84. The summed E-state index contributed by atoms with van der Waals surface area (Å²) in [7, 11) is 0. The van der Waals surface area contributed by atoms with Gasteiger partial charge in [-0.15, -0.1) is 0 Å². The van der Waals surface area contributed by atoms with Crippen molar-refractivity contribution in [3.05, 3.63) is 76.0 Å². The minimum atomic E-state index is -0.143. The van der Waals surface area contributed by atoms with E-state index in [1.54, 1.807) is 0 Å². The number of hydrogen-bond donors (Lipinski definition) is 1. The van der Waals surface area contributed by atoms with Gasteiger partial charge in [0.2, 0.25) is 0 Å². The molecule has 0 bridgehead atoms. The number of nitrogens with zero attached hydrogens (tertiary/aromatic N) is 1. The topological polar surface area (TPSA) is 55.1 Å². The summed E-state index contributed by atoms with van der Waals surface area (Å²) < 4.78 is 5.46. The number of rotatable bonds is 4. The van der Waals surface area contributed by atoms with Crippen LogP contribution in [-0.2, 0) is 6.54 Å². The molecule has 1 fully saturated rings. The van der Waals surface area contributed by atoms with Gasteiger partial charge >= 0.3 is 0 Å². The van der Waals surface area contributed by atoms with Gasteiger partial charge in [0, 0.05) is 28.7 Å². The maximum atomic E-state index is 12.5. The molecule has 1 amide bonds. The number of nitrogens with one attached hydrogen (secondary N) is 1. The predicted molar refractivity (Wildman–Crippen MR) is 123 cm³/mol. The standard InChI is InChI=1S/C27H28N2O2/c1-18-14-19(2)26(20(3)15-18)25-16-24(31-29-25)17-28-27(30)23-12-10-22(11-13-23)9-8-21-6-4-5-7-21/h10-16,21H,4-7,17H2,1-3H3,(H,28,30). The molecule has 158 valence electrons. The van der Waals surface area contributed by atoms with Crippen molar-refractivity contribution in [3.63, 3.8) is 0 Å². The molecule has 4 rings (SSSR count). The zero-order chi connectivity index (χ0) is 21.8. The molecule has 0 unspecified atom stereocenters. The molecule has 1 N–H and O–H groups in total. The summed E-state index contributed by atoms with van der Waals surface area (Å²) in [5, 5.41) is 7.12. The van der Waals surface area contributed by atoms with Gasteiger partial charge in [-0.2, -0.15) is 0 Å². The number of benzene rings is 2. The highest BCUT2D eigenvalue weighted by atomic mass is 16.5. The third-order valence-corrected chi connectivity index (χ3v) is 5.84. The summed E-state index contributed by atoms with van der Waals surface area (Å²) in [6, 6.07) is 13.6. The number of carbonyl (C=O) groups excluding carboxylic acids is 1. The summed E-state index contributed by atoms with van der Waals surface area (Å²) >= 11 is 0. The van der Waals surface area contributed by atoms with Crippen LogP contribution < -0.4 is 5.32 Å². The Kier molecular flexibility index (Phi) is 6.23. The van der Waals surface area contributed by atoms with E-state index in [2.05, 4.69) is 55.2 Å². The summed E-state index contributed by atoms with van der Waals surface area (Å²) in [6.07, 6.45) is 4.99. The highest BCUT2D eigenvalue weighted by molar-refractivity contribution is 5.94. The SMILES string of the molecule is Cc1cc(C)c(-c2cc(CNC(=O)c3ccc(C#CC4CCCC4)cc3)on2)c(C)c1. The van der Waals surface area contributed by atoms with Crippen LogP contribution in [0.3, 0.4) is 0 Å². The summed E-state index contributed by atoms with van der Waals surface area (Å²) in [5.74, 6) is 7.60. The summed E-state index contributed by atoms with van der Waals surface area (Å²) in [4.78, 5) is 12.5. The first kappa shape index (κ1) is 20.9.